The average Bonchev–Trinajstić information content (AvgIpc) is 3.84. The maximum atomic E-state index is 13.5. The highest BCUT2D eigenvalue weighted by molar-refractivity contribution is 7.90. The lowest BCUT2D eigenvalue weighted by molar-refractivity contribution is -0.0462. The topological polar surface area (TPSA) is 84.2 Å². The third-order valence-electron chi connectivity index (χ3n) is 9.75. The van der Waals surface area contributed by atoms with Crippen LogP contribution in [0.15, 0.2) is 60.3 Å². The number of hydrogen-bond acceptors (Lipinski definition) is 4. The molecule has 7 rings (SSSR count). The summed E-state index contributed by atoms with van der Waals surface area (Å²) >= 11 is 0. The first-order valence-electron chi connectivity index (χ1n) is 14.0. The standard InChI is InChI=1S/C31H34FN3O3S/c1-29-19-22-20-33-35(25-8-6-24(32)7-9-25)28(22)18-23(29)13-15-31(29,36)14-12-21-4-2-3-5-27(21)30(16-17-30)34-39(37,38)26-10-11-26/h2-9,18,20,26,34,36H,10-17,19H2,1H3/t29-,31-/m0/s1. The summed E-state index contributed by atoms with van der Waals surface area (Å²) in [5.41, 5.74) is 4.51. The summed E-state index contributed by atoms with van der Waals surface area (Å²) in [4.78, 5) is 0. The van der Waals surface area contributed by atoms with Gasteiger partial charge in [0.15, 0.2) is 0 Å². The lowest BCUT2D eigenvalue weighted by Gasteiger charge is -2.42. The van der Waals surface area contributed by atoms with Crippen molar-refractivity contribution in [2.45, 2.75) is 81.1 Å². The number of aryl methyl sites for hydroxylation is 1. The largest absolute Gasteiger partial charge is 0.389 e. The Morgan fingerprint density at radius 3 is 2.56 bits per heavy atom. The van der Waals surface area contributed by atoms with Crippen molar-refractivity contribution in [2.24, 2.45) is 5.41 Å². The van der Waals surface area contributed by atoms with Gasteiger partial charge in [0.1, 0.15) is 5.82 Å². The Morgan fingerprint density at radius 2 is 1.85 bits per heavy atom. The summed E-state index contributed by atoms with van der Waals surface area (Å²) in [6, 6.07) is 14.5. The molecule has 0 radical (unpaired) electrons. The van der Waals surface area contributed by atoms with Gasteiger partial charge in [-0.1, -0.05) is 36.8 Å². The van der Waals surface area contributed by atoms with Crippen LogP contribution in [-0.2, 0) is 28.4 Å². The fourth-order valence-corrected chi connectivity index (χ4v) is 8.73. The van der Waals surface area contributed by atoms with Gasteiger partial charge in [-0.15, -0.1) is 0 Å². The second kappa shape index (κ2) is 8.59. The van der Waals surface area contributed by atoms with Gasteiger partial charge in [0.2, 0.25) is 10.0 Å². The second-order valence-corrected chi connectivity index (χ2v) is 14.2. The molecule has 2 atom stereocenters. The number of nitrogens with zero attached hydrogens (tertiary/aromatic N) is 2. The molecule has 6 nitrogen and oxygen atoms in total. The fourth-order valence-electron chi connectivity index (χ4n) is 6.95. The second-order valence-electron chi connectivity index (χ2n) is 12.2. The normalized spacial score (nSPS) is 27.1. The van der Waals surface area contributed by atoms with Crippen LogP contribution >= 0.6 is 0 Å². The lowest BCUT2D eigenvalue weighted by atomic mass is 9.65. The highest BCUT2D eigenvalue weighted by atomic mass is 32.2. The maximum absolute atomic E-state index is 13.5. The van der Waals surface area contributed by atoms with Crippen molar-refractivity contribution in [1.29, 1.82) is 0 Å². The number of benzene rings is 2. The summed E-state index contributed by atoms with van der Waals surface area (Å²) in [6.07, 6.45) is 10.6. The highest BCUT2D eigenvalue weighted by Crippen LogP contribution is 2.57. The Hall–Kier alpha value is -2.81. The van der Waals surface area contributed by atoms with Crippen molar-refractivity contribution in [3.8, 4) is 5.69 Å². The molecule has 4 aliphatic carbocycles. The van der Waals surface area contributed by atoms with Crippen molar-refractivity contribution >= 4 is 16.1 Å². The summed E-state index contributed by atoms with van der Waals surface area (Å²) in [5.74, 6) is -0.277. The van der Waals surface area contributed by atoms with Gasteiger partial charge in [-0.3, -0.25) is 0 Å². The summed E-state index contributed by atoms with van der Waals surface area (Å²) in [6.45, 7) is 2.17. The van der Waals surface area contributed by atoms with E-state index in [0.29, 0.717) is 25.7 Å². The zero-order chi connectivity index (χ0) is 27.0. The van der Waals surface area contributed by atoms with Gasteiger partial charge in [0.25, 0.3) is 0 Å². The van der Waals surface area contributed by atoms with Crippen molar-refractivity contribution < 1.29 is 17.9 Å². The molecule has 3 saturated carbocycles. The van der Waals surface area contributed by atoms with Crippen LogP contribution in [0.25, 0.3) is 11.8 Å². The van der Waals surface area contributed by atoms with E-state index in [1.165, 1.54) is 17.7 Å². The van der Waals surface area contributed by atoms with E-state index in [0.717, 1.165) is 60.2 Å². The minimum atomic E-state index is -3.30. The van der Waals surface area contributed by atoms with Crippen LogP contribution in [0.3, 0.4) is 0 Å². The Balaban J connectivity index is 1.13. The van der Waals surface area contributed by atoms with Gasteiger partial charge < -0.3 is 5.11 Å². The molecule has 3 fully saturated rings. The first-order chi connectivity index (χ1) is 18.6. The summed E-state index contributed by atoms with van der Waals surface area (Å²) in [5, 5.41) is 16.5. The molecule has 0 spiro atoms. The molecular weight excluding hydrogens is 513 g/mol. The van der Waals surface area contributed by atoms with Crippen molar-refractivity contribution in [2.75, 3.05) is 0 Å². The molecule has 1 aromatic heterocycles. The van der Waals surface area contributed by atoms with Gasteiger partial charge in [-0.25, -0.2) is 22.2 Å². The Morgan fingerprint density at radius 1 is 1.10 bits per heavy atom. The number of aromatic nitrogens is 2. The maximum Gasteiger partial charge on any atom is 0.215 e. The monoisotopic (exact) mass is 547 g/mol. The Kier molecular flexibility index (Phi) is 5.55. The van der Waals surface area contributed by atoms with Gasteiger partial charge in [0, 0.05) is 5.41 Å². The van der Waals surface area contributed by atoms with Crippen LogP contribution < -0.4 is 4.72 Å². The SMILES string of the molecule is C[C@]12Cc3cnn(-c4ccc(F)cc4)c3C=C1CC[C@@]2(O)CCc1ccccc1C1(NS(=O)(=O)C2CC2)CC1. The molecule has 39 heavy (non-hydrogen) atoms. The Labute approximate surface area is 229 Å². The van der Waals surface area contributed by atoms with Gasteiger partial charge >= 0.3 is 0 Å². The van der Waals surface area contributed by atoms with Gasteiger partial charge in [-0.2, -0.15) is 5.10 Å². The third kappa shape index (κ3) is 4.10. The number of fused-ring (bicyclic) bond motifs is 2. The molecule has 0 unspecified atom stereocenters. The van der Waals surface area contributed by atoms with Crippen LogP contribution in [-0.4, -0.2) is 34.2 Å². The predicted octanol–water partition coefficient (Wildman–Crippen LogP) is 5.19. The highest BCUT2D eigenvalue weighted by Gasteiger charge is 2.55. The van der Waals surface area contributed by atoms with Crippen LogP contribution in [0.2, 0.25) is 0 Å². The molecular formula is C31H34FN3O3S. The molecule has 0 bridgehead atoms. The zero-order valence-corrected chi connectivity index (χ0v) is 23.0. The van der Waals surface area contributed by atoms with Crippen molar-refractivity contribution in [3.63, 3.8) is 0 Å². The van der Waals surface area contributed by atoms with E-state index in [9.17, 15) is 17.9 Å². The van der Waals surface area contributed by atoms with Crippen LogP contribution in [0, 0.1) is 11.2 Å². The van der Waals surface area contributed by atoms with E-state index in [2.05, 4.69) is 35.0 Å². The first-order valence-corrected chi connectivity index (χ1v) is 15.5. The van der Waals surface area contributed by atoms with Crippen molar-refractivity contribution in [1.82, 2.24) is 14.5 Å². The molecule has 0 saturated heterocycles. The van der Waals surface area contributed by atoms with Crippen LogP contribution in [0.5, 0.6) is 0 Å². The molecule has 0 aliphatic heterocycles. The van der Waals surface area contributed by atoms with E-state index in [1.54, 1.807) is 12.1 Å². The van der Waals surface area contributed by atoms with Crippen molar-refractivity contribution in [3.05, 3.63) is 88.5 Å². The summed E-state index contributed by atoms with van der Waals surface area (Å²) in [7, 11) is -3.30. The Bertz CT molecular complexity index is 1590. The fraction of sp³-hybridized carbons (Fsp3) is 0.452. The average molecular weight is 548 g/mol. The molecule has 2 aromatic carbocycles. The quantitative estimate of drug-likeness (QED) is 0.407. The molecule has 204 valence electrons. The van der Waals surface area contributed by atoms with E-state index >= 15 is 0 Å². The number of hydrogen-bond donors (Lipinski definition) is 2. The molecule has 1 heterocycles. The van der Waals surface area contributed by atoms with E-state index in [4.69, 9.17) is 0 Å². The number of aliphatic hydroxyl groups is 1. The first kappa shape index (κ1) is 25.2. The summed E-state index contributed by atoms with van der Waals surface area (Å²) < 4.78 is 43.9. The molecule has 3 aromatic rings. The number of halogens is 1. The number of nitrogens with one attached hydrogen (secondary N) is 1. The lowest BCUT2D eigenvalue weighted by Crippen LogP contribution is -2.45. The number of sulfonamides is 1. The van der Waals surface area contributed by atoms with Gasteiger partial charge in [-0.05, 0) is 105 Å². The van der Waals surface area contributed by atoms with E-state index < -0.39 is 26.6 Å². The predicted molar refractivity (Wildman–Crippen MR) is 148 cm³/mol. The molecule has 8 heteroatoms. The smallest absolute Gasteiger partial charge is 0.215 e. The van der Waals surface area contributed by atoms with Crippen LogP contribution in [0.1, 0.15) is 74.3 Å². The molecule has 0 amide bonds. The molecule has 4 aliphatic rings. The van der Waals surface area contributed by atoms with E-state index in [1.807, 2.05) is 23.0 Å². The number of rotatable bonds is 8. The zero-order valence-electron chi connectivity index (χ0n) is 22.2. The minimum absolute atomic E-state index is 0.241. The van der Waals surface area contributed by atoms with Gasteiger partial charge in [0.05, 0.1) is 34.0 Å². The van der Waals surface area contributed by atoms with E-state index in [-0.39, 0.29) is 11.1 Å². The van der Waals surface area contributed by atoms with Crippen LogP contribution in [0.4, 0.5) is 4.39 Å². The molecule has 2 N–H and O–H groups in total. The minimum Gasteiger partial charge on any atom is -0.389 e. The third-order valence-corrected chi connectivity index (χ3v) is 11.8.